The SMILES string of the molecule is O=C(Cc1cccc(C(F)(F)F)c1)Nc1ccccc1N1C(=O)CCC1=O. The molecule has 1 aliphatic rings. The summed E-state index contributed by atoms with van der Waals surface area (Å²) in [6.45, 7) is 0. The molecule has 3 rings (SSSR count). The summed E-state index contributed by atoms with van der Waals surface area (Å²) in [6.07, 6.45) is -4.56. The molecule has 0 radical (unpaired) electrons. The van der Waals surface area contributed by atoms with Gasteiger partial charge in [-0.15, -0.1) is 0 Å². The molecule has 140 valence electrons. The van der Waals surface area contributed by atoms with E-state index in [4.69, 9.17) is 0 Å². The highest BCUT2D eigenvalue weighted by Gasteiger charge is 2.32. The average molecular weight is 376 g/mol. The maximum atomic E-state index is 12.8. The number of para-hydroxylation sites is 2. The first-order valence-electron chi connectivity index (χ1n) is 8.16. The van der Waals surface area contributed by atoms with Crippen LogP contribution in [0.15, 0.2) is 48.5 Å². The van der Waals surface area contributed by atoms with Crippen LogP contribution >= 0.6 is 0 Å². The lowest BCUT2D eigenvalue weighted by molar-refractivity contribution is -0.137. The Kier molecular flexibility index (Phi) is 4.98. The molecule has 8 heteroatoms. The maximum Gasteiger partial charge on any atom is 0.416 e. The van der Waals surface area contributed by atoms with Crippen LogP contribution in [0.3, 0.4) is 0 Å². The van der Waals surface area contributed by atoms with Gasteiger partial charge in [0.25, 0.3) is 0 Å². The highest BCUT2D eigenvalue weighted by molar-refractivity contribution is 6.21. The fourth-order valence-corrected chi connectivity index (χ4v) is 2.86. The molecule has 3 amide bonds. The molecule has 0 spiro atoms. The van der Waals surface area contributed by atoms with Gasteiger partial charge in [0.1, 0.15) is 0 Å². The molecule has 0 unspecified atom stereocenters. The Morgan fingerprint density at radius 3 is 2.33 bits per heavy atom. The molecule has 0 aromatic heterocycles. The van der Waals surface area contributed by atoms with Gasteiger partial charge in [-0.2, -0.15) is 13.2 Å². The van der Waals surface area contributed by atoms with Crippen molar-refractivity contribution in [1.82, 2.24) is 0 Å². The van der Waals surface area contributed by atoms with E-state index >= 15 is 0 Å². The molecule has 2 aromatic carbocycles. The van der Waals surface area contributed by atoms with Crippen LogP contribution in [0.5, 0.6) is 0 Å². The number of nitrogens with zero attached hydrogens (tertiary/aromatic N) is 1. The van der Waals surface area contributed by atoms with Crippen LogP contribution in [0.4, 0.5) is 24.5 Å². The quantitative estimate of drug-likeness (QED) is 0.830. The summed E-state index contributed by atoms with van der Waals surface area (Å²) in [5, 5.41) is 2.57. The first-order chi connectivity index (χ1) is 12.8. The van der Waals surface area contributed by atoms with E-state index < -0.39 is 17.6 Å². The van der Waals surface area contributed by atoms with E-state index in [2.05, 4.69) is 5.32 Å². The van der Waals surface area contributed by atoms with Crippen molar-refractivity contribution in [2.24, 2.45) is 0 Å². The Labute approximate surface area is 152 Å². The largest absolute Gasteiger partial charge is 0.416 e. The lowest BCUT2D eigenvalue weighted by atomic mass is 10.1. The molecule has 5 nitrogen and oxygen atoms in total. The van der Waals surface area contributed by atoms with Crippen molar-refractivity contribution in [2.45, 2.75) is 25.4 Å². The summed E-state index contributed by atoms with van der Waals surface area (Å²) in [4.78, 5) is 37.2. The van der Waals surface area contributed by atoms with Gasteiger partial charge in [0.15, 0.2) is 0 Å². The van der Waals surface area contributed by atoms with Crippen molar-refractivity contribution in [3.63, 3.8) is 0 Å². The number of rotatable bonds is 4. The molecule has 0 aliphatic carbocycles. The van der Waals surface area contributed by atoms with Crippen molar-refractivity contribution in [2.75, 3.05) is 10.2 Å². The summed E-state index contributed by atoms with van der Waals surface area (Å²) in [6, 6.07) is 10.8. The molecule has 1 N–H and O–H groups in total. The van der Waals surface area contributed by atoms with E-state index in [1.807, 2.05) is 0 Å². The number of benzene rings is 2. The second kappa shape index (κ2) is 7.22. The second-order valence-electron chi connectivity index (χ2n) is 6.06. The number of halogens is 3. The van der Waals surface area contributed by atoms with Crippen LogP contribution in [0, 0.1) is 0 Å². The van der Waals surface area contributed by atoms with Gasteiger partial charge in [-0.1, -0.05) is 30.3 Å². The number of carbonyl (C=O) groups excluding carboxylic acids is 3. The monoisotopic (exact) mass is 376 g/mol. The number of amides is 3. The van der Waals surface area contributed by atoms with Crippen molar-refractivity contribution in [3.05, 3.63) is 59.7 Å². The molecule has 1 heterocycles. The maximum absolute atomic E-state index is 12.8. The Bertz CT molecular complexity index is 893. The predicted octanol–water partition coefficient (Wildman–Crippen LogP) is 3.54. The Hall–Kier alpha value is -3.16. The van der Waals surface area contributed by atoms with Crippen molar-refractivity contribution in [1.29, 1.82) is 0 Å². The highest BCUT2D eigenvalue weighted by Crippen LogP contribution is 2.31. The van der Waals surface area contributed by atoms with Crippen molar-refractivity contribution in [3.8, 4) is 0 Å². The van der Waals surface area contributed by atoms with E-state index in [0.717, 1.165) is 17.0 Å². The normalized spacial score (nSPS) is 14.6. The van der Waals surface area contributed by atoms with Crippen LogP contribution in [-0.2, 0) is 27.0 Å². The molecule has 1 aliphatic heterocycles. The molecule has 0 atom stereocenters. The Morgan fingerprint density at radius 1 is 1.00 bits per heavy atom. The zero-order chi connectivity index (χ0) is 19.6. The van der Waals surface area contributed by atoms with Gasteiger partial charge < -0.3 is 5.32 Å². The average Bonchev–Trinajstić information content (AvgIpc) is 2.93. The molecule has 2 aromatic rings. The third-order valence-corrected chi connectivity index (χ3v) is 4.09. The fraction of sp³-hybridized carbons (Fsp3) is 0.211. The van der Waals surface area contributed by atoms with Crippen LogP contribution < -0.4 is 10.2 Å². The Morgan fingerprint density at radius 2 is 1.67 bits per heavy atom. The minimum atomic E-state index is -4.49. The number of alkyl halides is 3. The van der Waals surface area contributed by atoms with Crippen molar-refractivity contribution >= 4 is 29.1 Å². The van der Waals surface area contributed by atoms with E-state index in [1.54, 1.807) is 12.1 Å². The highest BCUT2D eigenvalue weighted by atomic mass is 19.4. The van der Waals surface area contributed by atoms with E-state index in [9.17, 15) is 27.6 Å². The number of hydrogen-bond donors (Lipinski definition) is 1. The predicted molar refractivity (Wildman–Crippen MR) is 91.9 cm³/mol. The third-order valence-electron chi connectivity index (χ3n) is 4.09. The van der Waals surface area contributed by atoms with Crippen LogP contribution in [-0.4, -0.2) is 17.7 Å². The zero-order valence-corrected chi connectivity index (χ0v) is 14.0. The minimum Gasteiger partial charge on any atom is -0.324 e. The number of carbonyl (C=O) groups is 3. The summed E-state index contributed by atoms with van der Waals surface area (Å²) in [5.41, 5.74) is -0.130. The summed E-state index contributed by atoms with van der Waals surface area (Å²) in [7, 11) is 0. The van der Waals surface area contributed by atoms with E-state index in [0.29, 0.717) is 0 Å². The van der Waals surface area contributed by atoms with Gasteiger partial charge in [0.2, 0.25) is 17.7 Å². The van der Waals surface area contributed by atoms with Crippen LogP contribution in [0.1, 0.15) is 24.0 Å². The first kappa shape index (κ1) is 18.6. The molecular weight excluding hydrogens is 361 g/mol. The van der Waals surface area contributed by atoms with E-state index in [-0.39, 0.29) is 48.0 Å². The number of imide groups is 1. The standard InChI is InChI=1S/C19H15F3N2O3/c20-19(21,22)13-5-3-4-12(10-13)11-16(25)23-14-6-1-2-7-15(14)24-17(26)8-9-18(24)27/h1-7,10H,8-9,11H2,(H,23,25). The molecule has 0 saturated carbocycles. The zero-order valence-electron chi connectivity index (χ0n) is 14.0. The Balaban J connectivity index is 1.78. The van der Waals surface area contributed by atoms with Gasteiger partial charge in [-0.3, -0.25) is 14.4 Å². The smallest absolute Gasteiger partial charge is 0.324 e. The minimum absolute atomic E-state index is 0.103. The lowest BCUT2D eigenvalue weighted by Crippen LogP contribution is -2.30. The molecule has 27 heavy (non-hydrogen) atoms. The van der Waals surface area contributed by atoms with Gasteiger partial charge >= 0.3 is 6.18 Å². The van der Waals surface area contributed by atoms with Crippen LogP contribution in [0.2, 0.25) is 0 Å². The first-order valence-corrected chi connectivity index (χ1v) is 8.16. The molecule has 0 bridgehead atoms. The molecule has 1 saturated heterocycles. The number of nitrogens with one attached hydrogen (secondary N) is 1. The lowest BCUT2D eigenvalue weighted by Gasteiger charge is -2.18. The summed E-state index contributed by atoms with van der Waals surface area (Å²) >= 11 is 0. The van der Waals surface area contributed by atoms with Gasteiger partial charge in [0, 0.05) is 12.8 Å². The second-order valence-corrected chi connectivity index (χ2v) is 6.06. The molecule has 1 fully saturated rings. The van der Waals surface area contributed by atoms with Gasteiger partial charge in [-0.05, 0) is 23.8 Å². The number of anilines is 2. The fourth-order valence-electron chi connectivity index (χ4n) is 2.86. The van der Waals surface area contributed by atoms with E-state index in [1.165, 1.54) is 24.3 Å². The van der Waals surface area contributed by atoms with Crippen molar-refractivity contribution < 1.29 is 27.6 Å². The van der Waals surface area contributed by atoms with Gasteiger partial charge in [0.05, 0.1) is 23.4 Å². The number of hydrogen-bond acceptors (Lipinski definition) is 3. The molecular formula is C19H15F3N2O3. The van der Waals surface area contributed by atoms with Gasteiger partial charge in [-0.25, -0.2) is 4.90 Å². The summed E-state index contributed by atoms with van der Waals surface area (Å²) < 4.78 is 38.3. The summed E-state index contributed by atoms with van der Waals surface area (Å²) in [5.74, 6) is -1.28. The topological polar surface area (TPSA) is 66.5 Å². The third kappa shape index (κ3) is 4.16. The van der Waals surface area contributed by atoms with Crippen LogP contribution in [0.25, 0.3) is 0 Å².